The lowest BCUT2D eigenvalue weighted by atomic mass is 10.1. The third-order valence-electron chi connectivity index (χ3n) is 2.10. The van der Waals surface area contributed by atoms with Gasteiger partial charge in [-0.25, -0.2) is 4.98 Å². The van der Waals surface area contributed by atoms with Crippen molar-refractivity contribution in [3.63, 3.8) is 0 Å². The third kappa shape index (κ3) is 2.01. The van der Waals surface area contributed by atoms with Crippen molar-refractivity contribution in [1.29, 1.82) is 0 Å². The summed E-state index contributed by atoms with van der Waals surface area (Å²) in [5, 5.41) is 0.111. The van der Waals surface area contributed by atoms with Gasteiger partial charge in [0.2, 0.25) is 0 Å². The fourth-order valence-electron chi connectivity index (χ4n) is 1.31. The summed E-state index contributed by atoms with van der Waals surface area (Å²) in [4.78, 5) is 19.0. The van der Waals surface area contributed by atoms with Crippen LogP contribution in [-0.4, -0.2) is 15.9 Å². The molecule has 2 heterocycles. The van der Waals surface area contributed by atoms with Crippen LogP contribution in [0.25, 0.3) is 11.1 Å². The molecule has 0 aromatic carbocycles. The zero-order valence-electron chi connectivity index (χ0n) is 8.22. The van der Waals surface area contributed by atoms with Crippen LogP contribution in [0, 0.1) is 0 Å². The van der Waals surface area contributed by atoms with Crippen molar-refractivity contribution in [1.82, 2.24) is 9.97 Å². The van der Waals surface area contributed by atoms with Gasteiger partial charge in [0.15, 0.2) is 0 Å². The highest BCUT2D eigenvalue weighted by molar-refractivity contribution is 6.32. The average molecular weight is 234 g/mol. The first-order valence-electron chi connectivity index (χ1n) is 4.54. The second-order valence-corrected chi connectivity index (χ2v) is 3.53. The van der Waals surface area contributed by atoms with E-state index in [2.05, 4.69) is 9.97 Å². The van der Waals surface area contributed by atoms with E-state index in [4.69, 9.17) is 17.3 Å². The van der Waals surface area contributed by atoms with Crippen LogP contribution in [0.15, 0.2) is 36.8 Å². The van der Waals surface area contributed by atoms with Crippen LogP contribution in [0.4, 0.5) is 0 Å². The first-order chi connectivity index (χ1) is 7.68. The number of pyridine rings is 2. The molecule has 1 amide bonds. The number of carbonyl (C=O) groups excluding carboxylic acids is 1. The first kappa shape index (κ1) is 10.6. The average Bonchev–Trinajstić information content (AvgIpc) is 2.30. The van der Waals surface area contributed by atoms with Gasteiger partial charge in [-0.2, -0.15) is 0 Å². The summed E-state index contributed by atoms with van der Waals surface area (Å²) in [7, 11) is 0. The molecule has 80 valence electrons. The number of amides is 1. The van der Waals surface area contributed by atoms with Crippen molar-refractivity contribution in [3.05, 3.63) is 47.5 Å². The summed E-state index contributed by atoms with van der Waals surface area (Å²) in [6, 6.07) is 5.27. The summed E-state index contributed by atoms with van der Waals surface area (Å²) < 4.78 is 0. The Bertz CT molecular complexity index is 528. The van der Waals surface area contributed by atoms with E-state index in [1.54, 1.807) is 30.7 Å². The van der Waals surface area contributed by atoms with Crippen LogP contribution in [0.3, 0.4) is 0 Å². The molecule has 0 bridgehead atoms. The highest BCUT2D eigenvalue weighted by Crippen LogP contribution is 2.21. The van der Waals surface area contributed by atoms with Crippen LogP contribution < -0.4 is 5.73 Å². The summed E-state index contributed by atoms with van der Waals surface area (Å²) in [6.07, 6.45) is 4.92. The predicted octanol–water partition coefficient (Wildman–Crippen LogP) is 1.90. The Morgan fingerprint density at radius 2 is 2.12 bits per heavy atom. The normalized spacial score (nSPS) is 10.1. The lowest BCUT2D eigenvalue weighted by Crippen LogP contribution is -2.12. The molecule has 5 heteroatoms. The Morgan fingerprint density at radius 1 is 1.31 bits per heavy atom. The molecule has 0 aliphatic heterocycles. The fraction of sp³-hybridized carbons (Fsp3) is 0. The predicted molar refractivity (Wildman–Crippen MR) is 61.0 cm³/mol. The van der Waals surface area contributed by atoms with E-state index in [0.29, 0.717) is 0 Å². The molecule has 4 nitrogen and oxygen atoms in total. The lowest BCUT2D eigenvalue weighted by Gasteiger charge is -2.03. The Hall–Kier alpha value is -1.94. The monoisotopic (exact) mass is 233 g/mol. The van der Waals surface area contributed by atoms with Gasteiger partial charge in [-0.15, -0.1) is 0 Å². The van der Waals surface area contributed by atoms with Gasteiger partial charge in [0.1, 0.15) is 5.15 Å². The van der Waals surface area contributed by atoms with Crippen molar-refractivity contribution in [2.75, 3.05) is 0 Å². The van der Waals surface area contributed by atoms with Gasteiger partial charge in [0.25, 0.3) is 5.91 Å². The molecule has 2 rings (SSSR count). The molecule has 2 aromatic heterocycles. The van der Waals surface area contributed by atoms with E-state index in [-0.39, 0.29) is 10.7 Å². The van der Waals surface area contributed by atoms with E-state index >= 15 is 0 Å². The zero-order chi connectivity index (χ0) is 11.5. The molecule has 0 aliphatic carbocycles. The highest BCUT2D eigenvalue weighted by Gasteiger charge is 2.09. The molecule has 2 N–H and O–H groups in total. The molecule has 0 fully saturated rings. The standard InChI is InChI=1S/C11H8ClN3O/c12-10-9(11(13)16)4-8(6-15-10)7-2-1-3-14-5-7/h1-6H,(H2,13,16). The smallest absolute Gasteiger partial charge is 0.251 e. The van der Waals surface area contributed by atoms with Crippen LogP contribution in [0.1, 0.15) is 10.4 Å². The topological polar surface area (TPSA) is 68.9 Å². The van der Waals surface area contributed by atoms with E-state index in [1.165, 1.54) is 0 Å². The van der Waals surface area contributed by atoms with Gasteiger partial charge in [-0.3, -0.25) is 9.78 Å². The maximum absolute atomic E-state index is 11.1. The largest absolute Gasteiger partial charge is 0.366 e. The molecular weight excluding hydrogens is 226 g/mol. The Morgan fingerprint density at radius 3 is 2.75 bits per heavy atom. The first-order valence-corrected chi connectivity index (χ1v) is 4.92. The second-order valence-electron chi connectivity index (χ2n) is 3.17. The van der Waals surface area contributed by atoms with Crippen molar-refractivity contribution >= 4 is 17.5 Å². The van der Waals surface area contributed by atoms with Crippen LogP contribution in [0.2, 0.25) is 5.15 Å². The van der Waals surface area contributed by atoms with Crippen LogP contribution in [0.5, 0.6) is 0 Å². The number of carbonyl (C=O) groups is 1. The minimum absolute atomic E-state index is 0.111. The number of hydrogen-bond donors (Lipinski definition) is 1. The van der Waals surface area contributed by atoms with Crippen molar-refractivity contribution in [3.8, 4) is 11.1 Å². The summed E-state index contributed by atoms with van der Waals surface area (Å²) in [6.45, 7) is 0. The molecule has 0 saturated heterocycles. The highest BCUT2D eigenvalue weighted by atomic mass is 35.5. The van der Waals surface area contributed by atoms with Gasteiger partial charge < -0.3 is 5.73 Å². The van der Waals surface area contributed by atoms with Crippen molar-refractivity contribution < 1.29 is 4.79 Å². The number of nitrogens with two attached hydrogens (primary N) is 1. The number of halogens is 1. The van der Waals surface area contributed by atoms with Gasteiger partial charge in [-0.1, -0.05) is 17.7 Å². The lowest BCUT2D eigenvalue weighted by molar-refractivity contribution is 0.1000. The quantitative estimate of drug-likeness (QED) is 0.806. The molecule has 2 aromatic rings. The molecule has 16 heavy (non-hydrogen) atoms. The summed E-state index contributed by atoms with van der Waals surface area (Å²) in [5.74, 6) is -0.594. The van der Waals surface area contributed by atoms with E-state index in [1.807, 2.05) is 6.07 Å². The SMILES string of the molecule is NC(=O)c1cc(-c2cccnc2)cnc1Cl. The Labute approximate surface area is 97.1 Å². The van der Waals surface area contributed by atoms with Crippen LogP contribution >= 0.6 is 11.6 Å². The molecule has 0 spiro atoms. The number of primary amides is 1. The molecule has 0 radical (unpaired) electrons. The van der Waals surface area contributed by atoms with E-state index in [0.717, 1.165) is 11.1 Å². The number of nitrogens with zero attached hydrogens (tertiary/aromatic N) is 2. The summed E-state index contributed by atoms with van der Waals surface area (Å²) in [5.41, 5.74) is 7.01. The molecular formula is C11H8ClN3O. The zero-order valence-corrected chi connectivity index (χ0v) is 8.98. The molecule has 0 aliphatic rings. The minimum atomic E-state index is -0.594. The fourth-order valence-corrected chi connectivity index (χ4v) is 1.51. The van der Waals surface area contributed by atoms with E-state index in [9.17, 15) is 4.79 Å². The molecule has 0 unspecified atom stereocenters. The maximum Gasteiger partial charge on any atom is 0.251 e. The Balaban J connectivity index is 2.52. The maximum atomic E-state index is 11.1. The Kier molecular flexibility index (Phi) is 2.83. The van der Waals surface area contributed by atoms with Crippen molar-refractivity contribution in [2.24, 2.45) is 5.73 Å². The van der Waals surface area contributed by atoms with Crippen LogP contribution in [-0.2, 0) is 0 Å². The third-order valence-corrected chi connectivity index (χ3v) is 2.40. The number of hydrogen-bond acceptors (Lipinski definition) is 3. The van der Waals surface area contributed by atoms with Gasteiger partial charge in [0, 0.05) is 29.7 Å². The molecule has 0 saturated carbocycles. The minimum Gasteiger partial charge on any atom is -0.366 e. The van der Waals surface area contributed by atoms with Gasteiger partial charge in [0.05, 0.1) is 5.56 Å². The second kappa shape index (κ2) is 4.28. The number of rotatable bonds is 2. The summed E-state index contributed by atoms with van der Waals surface area (Å²) >= 11 is 5.75. The van der Waals surface area contributed by atoms with Crippen molar-refractivity contribution in [2.45, 2.75) is 0 Å². The van der Waals surface area contributed by atoms with E-state index < -0.39 is 5.91 Å². The van der Waals surface area contributed by atoms with Gasteiger partial charge >= 0.3 is 0 Å². The van der Waals surface area contributed by atoms with Gasteiger partial charge in [-0.05, 0) is 12.1 Å². The molecule has 0 atom stereocenters. The number of aromatic nitrogens is 2.